The molecule has 0 aromatic heterocycles. The van der Waals surface area contributed by atoms with E-state index in [4.69, 9.17) is 14.2 Å². The van der Waals surface area contributed by atoms with E-state index in [1.807, 2.05) is 12.1 Å². The summed E-state index contributed by atoms with van der Waals surface area (Å²) in [4.78, 5) is 39.9. The van der Waals surface area contributed by atoms with Crippen molar-refractivity contribution < 1.29 is 41.6 Å². The fraction of sp³-hybridized carbons (Fsp3) is 0.0357. The smallest absolute Gasteiger partial charge is 0.344 e. The first-order valence-electron chi connectivity index (χ1n) is 11.9. The van der Waals surface area contributed by atoms with Gasteiger partial charge in [-0.25, -0.2) is 14.4 Å². The van der Waals surface area contributed by atoms with E-state index in [1.54, 1.807) is 64.2 Å². The molecule has 46 heavy (non-hydrogen) atoms. The van der Waals surface area contributed by atoms with Crippen molar-refractivity contribution in [2.24, 2.45) is 0 Å². The first-order valence-corrected chi connectivity index (χ1v) is 22.0. The predicted molar refractivity (Wildman–Crippen MR) is 237 cm³/mol. The van der Waals surface area contributed by atoms with Crippen LogP contribution in [0.15, 0.2) is 53.4 Å². The van der Waals surface area contributed by atoms with Crippen LogP contribution in [0.2, 0.25) is 0 Å². The summed E-state index contributed by atoms with van der Waals surface area (Å²) in [6.07, 6.45) is 0. The Morgan fingerprint density at radius 1 is 0.587 bits per heavy atom. The summed E-state index contributed by atoms with van der Waals surface area (Å²) >= 11 is 16.0. The van der Waals surface area contributed by atoms with Gasteiger partial charge in [-0.15, -0.1) is 0 Å². The molecular formula is C28H12I8O9S. The molecule has 4 rings (SSSR count). The Kier molecular flexibility index (Phi) is 14.4. The third-order valence-corrected chi connectivity index (χ3v) is 16.5. The monoisotopic (exact) mass is 1540 g/mol. The van der Waals surface area contributed by atoms with Gasteiger partial charge in [-0.2, -0.15) is 8.42 Å². The Bertz CT molecular complexity index is 1950. The molecule has 0 atom stereocenters. The zero-order chi connectivity index (χ0) is 34.2. The molecule has 0 unspecified atom stereocenters. The summed E-state index contributed by atoms with van der Waals surface area (Å²) in [7, 11) is -4.52. The molecule has 240 valence electrons. The van der Waals surface area contributed by atoms with Crippen LogP contribution in [0.1, 0.15) is 36.6 Å². The zero-order valence-electron chi connectivity index (χ0n) is 22.3. The molecule has 18 heteroatoms. The number of hydrogen-bond acceptors (Lipinski definition) is 8. The summed E-state index contributed by atoms with van der Waals surface area (Å²) in [5.74, 6) is -2.35. The molecule has 0 aliphatic heterocycles. The van der Waals surface area contributed by atoms with Gasteiger partial charge in [0.15, 0.2) is 0 Å². The van der Waals surface area contributed by atoms with Gasteiger partial charge in [-0.1, -0.05) is 0 Å². The highest BCUT2D eigenvalue weighted by atomic mass is 127. The third-order valence-electron chi connectivity index (χ3n) is 5.82. The average Bonchev–Trinajstić information content (AvgIpc) is 2.93. The largest absolute Gasteiger partial charge is 0.423 e. The first-order chi connectivity index (χ1) is 21.4. The van der Waals surface area contributed by atoms with E-state index in [1.165, 1.54) is 24.3 Å². The van der Waals surface area contributed by atoms with Gasteiger partial charge in [0, 0.05) is 34.1 Å². The van der Waals surface area contributed by atoms with Crippen molar-refractivity contribution in [2.45, 2.75) is 11.8 Å². The summed E-state index contributed by atoms with van der Waals surface area (Å²) in [5.41, 5.74) is 0.798. The van der Waals surface area contributed by atoms with Crippen molar-refractivity contribution in [1.82, 2.24) is 0 Å². The highest BCUT2D eigenvalue weighted by Gasteiger charge is 2.25. The fourth-order valence-electron chi connectivity index (χ4n) is 3.72. The molecule has 1 N–H and O–H groups in total. The highest BCUT2D eigenvalue weighted by Crippen LogP contribution is 2.35. The second-order valence-electron chi connectivity index (χ2n) is 8.96. The molecule has 0 bridgehead atoms. The number of halogens is 8. The summed E-state index contributed by atoms with van der Waals surface area (Å²) in [6.45, 7) is 1.59. The fourth-order valence-corrected chi connectivity index (χ4v) is 12.5. The minimum absolute atomic E-state index is 0.00477. The molecule has 4 aromatic carbocycles. The molecule has 4 aromatic rings. The van der Waals surface area contributed by atoms with E-state index in [9.17, 15) is 27.4 Å². The van der Waals surface area contributed by atoms with Gasteiger partial charge in [-0.05, 0) is 236 Å². The molecule has 0 aliphatic carbocycles. The lowest BCUT2D eigenvalue weighted by molar-refractivity contribution is 0.0702. The van der Waals surface area contributed by atoms with Crippen molar-refractivity contribution in [3.05, 3.63) is 99.3 Å². The summed E-state index contributed by atoms with van der Waals surface area (Å²) in [5, 5.41) is 0. The summed E-state index contributed by atoms with van der Waals surface area (Å²) in [6, 6.07) is 12.4. The van der Waals surface area contributed by atoms with E-state index in [-0.39, 0.29) is 40.4 Å². The van der Waals surface area contributed by atoms with Gasteiger partial charge in [-0.3, -0.25) is 4.55 Å². The number of esters is 3. The number of carbonyl (C=O) groups excluding carboxylic acids is 3. The van der Waals surface area contributed by atoms with Crippen molar-refractivity contribution in [1.29, 1.82) is 0 Å². The average molecular weight is 1540 g/mol. The van der Waals surface area contributed by atoms with Crippen molar-refractivity contribution in [2.75, 3.05) is 0 Å². The predicted octanol–water partition coefficient (Wildman–Crippen LogP) is 9.74. The Labute approximate surface area is 372 Å². The van der Waals surface area contributed by atoms with Crippen LogP contribution < -0.4 is 14.2 Å². The van der Waals surface area contributed by atoms with Crippen LogP contribution in [0.25, 0.3) is 0 Å². The molecule has 0 saturated carbocycles. The van der Waals surface area contributed by atoms with E-state index in [2.05, 4.69) is 136 Å². The lowest BCUT2D eigenvalue weighted by atomic mass is 10.1. The van der Waals surface area contributed by atoms with Crippen LogP contribution >= 0.6 is 181 Å². The molecule has 0 spiro atoms. The maximum atomic E-state index is 13.5. The van der Waals surface area contributed by atoms with Gasteiger partial charge < -0.3 is 14.2 Å². The van der Waals surface area contributed by atoms with E-state index in [0.29, 0.717) is 18.3 Å². The van der Waals surface area contributed by atoms with Gasteiger partial charge in [0.25, 0.3) is 10.1 Å². The molecular weight excluding hydrogens is 1530 g/mol. The van der Waals surface area contributed by atoms with Crippen molar-refractivity contribution >= 4 is 209 Å². The standard InChI is InChI=1S/C28H12I8O9S/c1-10-21(44-27(38)15-4-12(29)6-17(31)23(15)35)2-11(3-22(10)45-28(39)16-5-13(30)7-18(32)24(16)36)26(37)43-14-8-19(33)25(20(34)9-14)46(40,41)42/h2-9H,1H3,(H,40,41,42). The maximum absolute atomic E-state index is 13.5. The Balaban J connectivity index is 1.78. The SMILES string of the molecule is Cc1c(OC(=O)c2cc(I)cc(I)c2I)cc(C(=O)Oc2cc(I)c(S(=O)(=O)O)c(I)c2)cc1OC(=O)c1cc(I)cc(I)c1I. The van der Waals surface area contributed by atoms with Gasteiger partial charge in [0.05, 0.1) is 16.7 Å². The highest BCUT2D eigenvalue weighted by molar-refractivity contribution is 14.1. The number of carbonyl (C=O) groups is 3. The molecule has 0 fully saturated rings. The zero-order valence-corrected chi connectivity index (χ0v) is 40.3. The van der Waals surface area contributed by atoms with Crippen LogP contribution in [0.4, 0.5) is 0 Å². The normalized spacial score (nSPS) is 11.3. The topological polar surface area (TPSA) is 133 Å². The van der Waals surface area contributed by atoms with Gasteiger partial charge in [0.2, 0.25) is 0 Å². The quantitative estimate of drug-likeness (QED) is 0.0632. The van der Waals surface area contributed by atoms with E-state index < -0.39 is 28.0 Å². The van der Waals surface area contributed by atoms with Crippen LogP contribution in [0.5, 0.6) is 17.2 Å². The summed E-state index contributed by atoms with van der Waals surface area (Å²) < 4.78 is 55.3. The van der Waals surface area contributed by atoms with Crippen molar-refractivity contribution in [3.8, 4) is 17.2 Å². The first kappa shape index (κ1) is 39.8. The molecule has 0 radical (unpaired) electrons. The van der Waals surface area contributed by atoms with E-state index >= 15 is 0 Å². The molecule has 0 saturated heterocycles. The Morgan fingerprint density at radius 2 is 1.00 bits per heavy atom. The molecule has 0 heterocycles. The lowest BCUT2D eigenvalue weighted by Gasteiger charge is -2.16. The molecule has 9 nitrogen and oxygen atoms in total. The number of benzene rings is 4. The minimum Gasteiger partial charge on any atom is -0.423 e. The Morgan fingerprint density at radius 3 is 1.39 bits per heavy atom. The molecule has 0 aliphatic rings. The van der Waals surface area contributed by atoms with Crippen molar-refractivity contribution in [3.63, 3.8) is 0 Å². The number of ether oxygens (including phenoxy) is 3. The van der Waals surface area contributed by atoms with Gasteiger partial charge >= 0.3 is 17.9 Å². The minimum atomic E-state index is -4.52. The van der Waals surface area contributed by atoms with Gasteiger partial charge in [0.1, 0.15) is 22.1 Å². The second kappa shape index (κ2) is 16.6. The van der Waals surface area contributed by atoms with Crippen LogP contribution in [-0.2, 0) is 10.1 Å². The van der Waals surface area contributed by atoms with E-state index in [0.717, 1.165) is 14.3 Å². The Hall–Kier alpha value is 1.04. The van der Waals surface area contributed by atoms with Crippen LogP contribution in [-0.4, -0.2) is 30.9 Å². The second-order valence-corrected chi connectivity index (χ2v) is 19.6. The van der Waals surface area contributed by atoms with Crippen LogP contribution in [0, 0.1) is 35.5 Å². The third kappa shape index (κ3) is 9.67. The maximum Gasteiger partial charge on any atom is 0.344 e. The number of rotatable bonds is 7. The number of hydrogen-bond donors (Lipinski definition) is 1. The lowest BCUT2D eigenvalue weighted by Crippen LogP contribution is -2.17. The molecule has 0 amide bonds. The van der Waals surface area contributed by atoms with Crippen LogP contribution in [0.3, 0.4) is 0 Å².